The Morgan fingerprint density at radius 3 is 1.18 bits per heavy atom. The summed E-state index contributed by atoms with van der Waals surface area (Å²) in [5.74, 6) is 0. The SMILES string of the molecule is CC(C)(C)[PH](CCCO)(C(C)(C)C)C(C)(C)C. The van der Waals surface area contributed by atoms with Gasteiger partial charge in [0, 0.05) is 0 Å². The van der Waals surface area contributed by atoms with Gasteiger partial charge in [0.05, 0.1) is 0 Å². The van der Waals surface area contributed by atoms with Gasteiger partial charge < -0.3 is 0 Å². The van der Waals surface area contributed by atoms with Crippen LogP contribution in [0, 0.1) is 0 Å². The van der Waals surface area contributed by atoms with E-state index < -0.39 is 7.26 Å². The van der Waals surface area contributed by atoms with Crippen molar-refractivity contribution in [1.29, 1.82) is 0 Å². The molecule has 0 rings (SSSR count). The quantitative estimate of drug-likeness (QED) is 0.742. The summed E-state index contributed by atoms with van der Waals surface area (Å²) in [7, 11) is -1.58. The van der Waals surface area contributed by atoms with Crippen molar-refractivity contribution in [2.75, 3.05) is 12.8 Å². The third-order valence-electron chi connectivity index (χ3n) is 4.55. The van der Waals surface area contributed by atoms with Crippen LogP contribution in [0.2, 0.25) is 0 Å². The summed E-state index contributed by atoms with van der Waals surface area (Å²) < 4.78 is 0. The molecule has 0 aliphatic heterocycles. The average Bonchev–Trinajstić information content (AvgIpc) is 1.96. The Hall–Kier alpha value is 0.390. The summed E-state index contributed by atoms with van der Waals surface area (Å²) >= 11 is 0. The summed E-state index contributed by atoms with van der Waals surface area (Å²) in [6, 6.07) is 0. The molecule has 0 aromatic heterocycles. The fourth-order valence-electron chi connectivity index (χ4n) is 4.84. The van der Waals surface area contributed by atoms with Crippen molar-refractivity contribution < 1.29 is 5.11 Å². The molecule has 0 bridgehead atoms. The van der Waals surface area contributed by atoms with Crippen LogP contribution in [0.3, 0.4) is 0 Å². The third kappa shape index (κ3) is 3.24. The molecule has 17 heavy (non-hydrogen) atoms. The van der Waals surface area contributed by atoms with E-state index in [0.717, 1.165) is 6.42 Å². The first-order valence-corrected chi connectivity index (χ1v) is 9.13. The van der Waals surface area contributed by atoms with Crippen molar-refractivity contribution in [1.82, 2.24) is 0 Å². The molecule has 2 heteroatoms. The Bertz CT molecular complexity index is 201. The second-order valence-electron chi connectivity index (χ2n) is 8.48. The fraction of sp³-hybridized carbons (Fsp3) is 1.00. The second kappa shape index (κ2) is 5.17. The molecule has 1 N–H and O–H groups in total. The summed E-state index contributed by atoms with van der Waals surface area (Å²) in [5.41, 5.74) is 0. The Balaban J connectivity index is 5.75. The Morgan fingerprint density at radius 2 is 1.00 bits per heavy atom. The summed E-state index contributed by atoms with van der Waals surface area (Å²) in [6.45, 7) is 22.0. The first kappa shape index (κ1) is 17.4. The van der Waals surface area contributed by atoms with Crippen LogP contribution in [0.25, 0.3) is 0 Å². The van der Waals surface area contributed by atoms with E-state index in [1.165, 1.54) is 6.16 Å². The molecule has 106 valence electrons. The van der Waals surface area contributed by atoms with Crippen molar-refractivity contribution in [2.45, 2.75) is 84.2 Å². The molecule has 0 unspecified atom stereocenters. The van der Waals surface area contributed by atoms with Gasteiger partial charge in [0.1, 0.15) is 0 Å². The van der Waals surface area contributed by atoms with Crippen molar-refractivity contribution >= 4 is 7.26 Å². The molecular formula is C15H35OP. The molecular weight excluding hydrogens is 227 g/mol. The van der Waals surface area contributed by atoms with E-state index in [4.69, 9.17) is 0 Å². The van der Waals surface area contributed by atoms with Gasteiger partial charge in [-0.15, -0.1) is 0 Å². The van der Waals surface area contributed by atoms with Crippen molar-refractivity contribution in [3.05, 3.63) is 0 Å². The minimum atomic E-state index is -1.58. The van der Waals surface area contributed by atoms with Gasteiger partial charge in [0.2, 0.25) is 0 Å². The Labute approximate surface area is 110 Å². The molecule has 0 aliphatic carbocycles. The van der Waals surface area contributed by atoms with Crippen LogP contribution in [0.5, 0.6) is 0 Å². The monoisotopic (exact) mass is 262 g/mol. The molecule has 0 atom stereocenters. The number of aliphatic hydroxyl groups excluding tert-OH is 1. The molecule has 0 radical (unpaired) electrons. The number of hydrogen-bond donors (Lipinski definition) is 1. The molecule has 0 aliphatic rings. The summed E-state index contributed by atoms with van der Waals surface area (Å²) in [6.07, 6.45) is 2.18. The molecule has 0 aromatic rings. The molecule has 0 amide bonds. The van der Waals surface area contributed by atoms with Gasteiger partial charge >= 0.3 is 109 Å². The maximum atomic E-state index is 9.25. The number of hydrogen-bond acceptors (Lipinski definition) is 1. The van der Waals surface area contributed by atoms with Gasteiger partial charge in [-0.2, -0.15) is 0 Å². The third-order valence-corrected chi connectivity index (χ3v) is 13.3. The zero-order chi connectivity index (χ0) is 14.1. The van der Waals surface area contributed by atoms with E-state index in [-0.39, 0.29) is 0 Å². The van der Waals surface area contributed by atoms with Gasteiger partial charge in [-0.3, -0.25) is 0 Å². The first-order chi connectivity index (χ1) is 7.31. The summed E-state index contributed by atoms with van der Waals surface area (Å²) in [4.78, 5) is 0. The molecule has 0 fully saturated rings. The topological polar surface area (TPSA) is 20.2 Å². The van der Waals surface area contributed by atoms with Crippen LogP contribution in [0.4, 0.5) is 0 Å². The zero-order valence-electron chi connectivity index (χ0n) is 13.6. The van der Waals surface area contributed by atoms with Crippen LogP contribution in [-0.2, 0) is 0 Å². The van der Waals surface area contributed by atoms with E-state index >= 15 is 0 Å². The van der Waals surface area contributed by atoms with Gasteiger partial charge in [-0.05, 0) is 0 Å². The van der Waals surface area contributed by atoms with Crippen LogP contribution >= 0.6 is 7.26 Å². The predicted molar refractivity (Wildman–Crippen MR) is 84.1 cm³/mol. The molecule has 0 heterocycles. The van der Waals surface area contributed by atoms with Gasteiger partial charge in [0.15, 0.2) is 0 Å². The van der Waals surface area contributed by atoms with Crippen LogP contribution in [-0.4, -0.2) is 33.3 Å². The molecule has 0 saturated heterocycles. The predicted octanol–water partition coefficient (Wildman–Crippen LogP) is 4.51. The first-order valence-electron chi connectivity index (χ1n) is 6.92. The Morgan fingerprint density at radius 1 is 0.706 bits per heavy atom. The summed E-state index contributed by atoms with van der Waals surface area (Å²) in [5, 5.41) is 10.3. The fourth-order valence-corrected chi connectivity index (χ4v) is 14.5. The van der Waals surface area contributed by atoms with E-state index in [0.29, 0.717) is 22.1 Å². The normalized spacial score (nSPS) is 16.1. The standard InChI is InChI=1S/C15H35OP/c1-13(2,3)17(12-10-11-16,14(4,5)6)15(7,8)9/h16-17H,10-12H2,1-9H3. The number of aliphatic hydroxyl groups is 1. The van der Waals surface area contributed by atoms with E-state index in [9.17, 15) is 5.11 Å². The van der Waals surface area contributed by atoms with Crippen LogP contribution in [0.1, 0.15) is 68.7 Å². The average molecular weight is 262 g/mol. The van der Waals surface area contributed by atoms with Gasteiger partial charge in [-0.1, -0.05) is 0 Å². The van der Waals surface area contributed by atoms with E-state index in [2.05, 4.69) is 62.3 Å². The van der Waals surface area contributed by atoms with Gasteiger partial charge in [0.25, 0.3) is 0 Å². The van der Waals surface area contributed by atoms with E-state index in [1.54, 1.807) is 0 Å². The zero-order valence-corrected chi connectivity index (χ0v) is 14.6. The molecule has 1 nitrogen and oxygen atoms in total. The van der Waals surface area contributed by atoms with Crippen molar-refractivity contribution in [3.63, 3.8) is 0 Å². The molecule has 0 spiro atoms. The minimum absolute atomic E-state index is 0.330. The second-order valence-corrected chi connectivity index (χ2v) is 15.3. The maximum absolute atomic E-state index is 9.25. The van der Waals surface area contributed by atoms with Crippen LogP contribution in [0.15, 0.2) is 0 Å². The van der Waals surface area contributed by atoms with Crippen LogP contribution < -0.4 is 0 Å². The van der Waals surface area contributed by atoms with E-state index in [1.807, 2.05) is 0 Å². The molecule has 0 saturated carbocycles. The van der Waals surface area contributed by atoms with Gasteiger partial charge in [-0.25, -0.2) is 0 Å². The van der Waals surface area contributed by atoms with Crippen molar-refractivity contribution in [2.24, 2.45) is 0 Å². The Kier molecular flexibility index (Phi) is 5.29. The van der Waals surface area contributed by atoms with Crippen molar-refractivity contribution in [3.8, 4) is 0 Å². The molecule has 0 aromatic carbocycles. The number of rotatable bonds is 3.